The molecule has 84 valence electrons. The van der Waals surface area contributed by atoms with Gasteiger partial charge in [-0.2, -0.15) is 8.42 Å². The van der Waals surface area contributed by atoms with E-state index < -0.39 is 22.1 Å². The molecule has 14 heavy (non-hydrogen) atoms. The van der Waals surface area contributed by atoms with Crippen LogP contribution in [-0.4, -0.2) is 47.4 Å². The second-order valence-electron chi connectivity index (χ2n) is 2.04. The largest absolute Gasteiger partial charge is 0.473 e. The van der Waals surface area contributed by atoms with Gasteiger partial charge < -0.3 is 15.9 Å². The van der Waals surface area contributed by atoms with Crippen LogP contribution in [0, 0.1) is 0 Å². The number of carboxylic acid groups (broad SMARTS) is 2. The maximum Gasteiger partial charge on any atom is 0.414 e. The molecule has 0 aliphatic carbocycles. The van der Waals surface area contributed by atoms with Crippen LogP contribution in [0.4, 0.5) is 0 Å². The fraction of sp³-hybridized carbons (Fsp3) is 0.600. The molecule has 0 aromatic heterocycles. The Hall–Kier alpha value is -1.19. The predicted molar refractivity (Wildman–Crippen MR) is 45.4 cm³/mol. The molecule has 0 amide bonds. The summed E-state index contributed by atoms with van der Waals surface area (Å²) < 4.78 is 27.8. The van der Waals surface area contributed by atoms with Crippen molar-refractivity contribution in [2.45, 2.75) is 6.42 Å². The van der Waals surface area contributed by atoms with Crippen molar-refractivity contribution in [1.82, 2.24) is 0 Å². The number of hydrogen-bond acceptors (Lipinski definition) is 5. The average Bonchev–Trinajstić information content (AvgIpc) is 2.00. The highest BCUT2D eigenvalue weighted by molar-refractivity contribution is 7.85. The van der Waals surface area contributed by atoms with Gasteiger partial charge >= 0.3 is 11.9 Å². The molecule has 0 aromatic carbocycles. The zero-order valence-corrected chi connectivity index (χ0v) is 7.90. The summed E-state index contributed by atoms with van der Waals surface area (Å²) in [5, 5.41) is 14.8. The second kappa shape index (κ2) is 7.24. The molecule has 0 heterocycles. The molecular weight excluding hydrogens is 218 g/mol. The minimum Gasteiger partial charge on any atom is -0.473 e. The number of carbonyl (C=O) groups is 2. The minimum atomic E-state index is -3.77. The van der Waals surface area contributed by atoms with E-state index in [2.05, 4.69) is 0 Å². The molecule has 0 rings (SSSR count). The van der Waals surface area contributed by atoms with Crippen LogP contribution in [0.3, 0.4) is 0 Å². The summed E-state index contributed by atoms with van der Waals surface area (Å²) >= 11 is 0. The molecule has 0 aromatic rings. The average molecular weight is 229 g/mol. The van der Waals surface area contributed by atoms with E-state index in [9.17, 15) is 8.42 Å². The molecule has 0 atom stereocenters. The molecular formula is C5H11NO7S. The SMILES string of the molecule is NCCCS(=O)(=O)O.O=C(O)C(=O)O. The van der Waals surface area contributed by atoms with Gasteiger partial charge in [0, 0.05) is 0 Å². The third-order valence-corrected chi connectivity index (χ3v) is 1.59. The van der Waals surface area contributed by atoms with E-state index in [1.165, 1.54) is 0 Å². The maximum atomic E-state index is 9.89. The van der Waals surface area contributed by atoms with Crippen molar-refractivity contribution < 1.29 is 32.8 Å². The number of carboxylic acids is 2. The summed E-state index contributed by atoms with van der Waals surface area (Å²) in [6.45, 7) is 0.291. The molecule has 0 aliphatic heterocycles. The summed E-state index contributed by atoms with van der Waals surface area (Å²) in [5.74, 6) is -3.88. The summed E-state index contributed by atoms with van der Waals surface area (Å²) in [6.07, 6.45) is 0.318. The smallest absolute Gasteiger partial charge is 0.414 e. The highest BCUT2D eigenvalue weighted by Crippen LogP contribution is 1.83. The Morgan fingerprint density at radius 1 is 1.14 bits per heavy atom. The van der Waals surface area contributed by atoms with Gasteiger partial charge in [0.15, 0.2) is 0 Å². The first-order valence-corrected chi connectivity index (χ1v) is 4.93. The van der Waals surface area contributed by atoms with E-state index in [4.69, 9.17) is 30.1 Å². The molecule has 8 nitrogen and oxygen atoms in total. The van der Waals surface area contributed by atoms with E-state index in [0.29, 0.717) is 13.0 Å². The van der Waals surface area contributed by atoms with Gasteiger partial charge in [-0.1, -0.05) is 0 Å². The molecule has 0 saturated carbocycles. The summed E-state index contributed by atoms with van der Waals surface area (Å²) in [7, 11) is -3.77. The highest BCUT2D eigenvalue weighted by atomic mass is 32.2. The van der Waals surface area contributed by atoms with E-state index >= 15 is 0 Å². The van der Waals surface area contributed by atoms with Crippen molar-refractivity contribution in [3.05, 3.63) is 0 Å². The molecule has 0 fully saturated rings. The lowest BCUT2D eigenvalue weighted by atomic mass is 10.5. The monoisotopic (exact) mass is 229 g/mol. The molecule has 0 aliphatic rings. The Kier molecular flexibility index (Phi) is 7.90. The number of nitrogens with two attached hydrogens (primary N) is 1. The third-order valence-electron chi connectivity index (χ3n) is 0.789. The van der Waals surface area contributed by atoms with Crippen molar-refractivity contribution in [3.8, 4) is 0 Å². The zero-order chi connectivity index (χ0) is 11.8. The molecule has 0 spiro atoms. The lowest BCUT2D eigenvalue weighted by Crippen LogP contribution is -2.09. The third kappa shape index (κ3) is 17.1. The van der Waals surface area contributed by atoms with E-state index in [0.717, 1.165) is 0 Å². The Balaban J connectivity index is 0. The first kappa shape index (κ1) is 15.3. The Labute approximate surface area is 80.1 Å². The van der Waals surface area contributed by atoms with Crippen molar-refractivity contribution in [1.29, 1.82) is 0 Å². The molecule has 0 bridgehead atoms. The van der Waals surface area contributed by atoms with Crippen LogP contribution in [0.1, 0.15) is 6.42 Å². The lowest BCUT2D eigenvalue weighted by Gasteiger charge is -1.90. The van der Waals surface area contributed by atoms with Crippen LogP contribution >= 0.6 is 0 Å². The van der Waals surface area contributed by atoms with Gasteiger partial charge in [-0.3, -0.25) is 4.55 Å². The highest BCUT2D eigenvalue weighted by Gasteiger charge is 2.04. The Morgan fingerprint density at radius 3 is 1.57 bits per heavy atom. The van der Waals surface area contributed by atoms with Gasteiger partial charge in [-0.25, -0.2) is 9.59 Å². The van der Waals surface area contributed by atoms with Crippen molar-refractivity contribution in [3.63, 3.8) is 0 Å². The van der Waals surface area contributed by atoms with E-state index in [1.54, 1.807) is 0 Å². The van der Waals surface area contributed by atoms with E-state index in [1.807, 2.05) is 0 Å². The van der Waals surface area contributed by atoms with Crippen LogP contribution in [0.15, 0.2) is 0 Å². The van der Waals surface area contributed by atoms with Gasteiger partial charge in [0.1, 0.15) is 0 Å². The van der Waals surface area contributed by atoms with Crippen molar-refractivity contribution in [2.75, 3.05) is 12.3 Å². The predicted octanol–water partition coefficient (Wildman–Crippen LogP) is -1.62. The summed E-state index contributed by atoms with van der Waals surface area (Å²) in [4.78, 5) is 18.2. The zero-order valence-electron chi connectivity index (χ0n) is 7.08. The van der Waals surface area contributed by atoms with Crippen LogP contribution in [-0.2, 0) is 19.7 Å². The standard InChI is InChI=1S/C3H9NO3S.C2H2O4/c4-2-1-3-8(5,6)7;3-1(4)2(5)6/h1-4H2,(H,5,6,7);(H,3,4)(H,5,6). The molecule has 9 heteroatoms. The molecule has 0 unspecified atom stereocenters. The van der Waals surface area contributed by atoms with Gasteiger partial charge in [0.05, 0.1) is 5.75 Å². The molecule has 5 N–H and O–H groups in total. The quantitative estimate of drug-likeness (QED) is 0.332. The van der Waals surface area contributed by atoms with Crippen LogP contribution in [0.2, 0.25) is 0 Å². The molecule has 0 saturated heterocycles. The molecule has 0 radical (unpaired) electrons. The fourth-order valence-electron chi connectivity index (χ4n) is 0.266. The topological polar surface area (TPSA) is 155 Å². The Bertz CT molecular complexity index is 270. The van der Waals surface area contributed by atoms with Gasteiger partial charge in [-0.15, -0.1) is 0 Å². The number of aliphatic carboxylic acids is 2. The van der Waals surface area contributed by atoms with Gasteiger partial charge in [0.2, 0.25) is 0 Å². The van der Waals surface area contributed by atoms with Crippen molar-refractivity contribution in [2.24, 2.45) is 5.73 Å². The van der Waals surface area contributed by atoms with Crippen LogP contribution in [0.25, 0.3) is 0 Å². The Morgan fingerprint density at radius 2 is 1.50 bits per heavy atom. The first-order chi connectivity index (χ1) is 6.20. The van der Waals surface area contributed by atoms with E-state index in [-0.39, 0.29) is 5.75 Å². The summed E-state index contributed by atoms with van der Waals surface area (Å²) in [6, 6.07) is 0. The fourth-order valence-corrected chi connectivity index (χ4v) is 0.797. The van der Waals surface area contributed by atoms with Crippen LogP contribution < -0.4 is 5.73 Å². The maximum absolute atomic E-state index is 9.89. The van der Waals surface area contributed by atoms with Crippen LogP contribution in [0.5, 0.6) is 0 Å². The minimum absolute atomic E-state index is 0.233. The second-order valence-corrected chi connectivity index (χ2v) is 3.61. The lowest BCUT2D eigenvalue weighted by molar-refractivity contribution is -0.159. The number of rotatable bonds is 3. The van der Waals surface area contributed by atoms with Gasteiger partial charge in [0.25, 0.3) is 10.1 Å². The van der Waals surface area contributed by atoms with Crippen molar-refractivity contribution >= 4 is 22.1 Å². The first-order valence-electron chi connectivity index (χ1n) is 3.32. The van der Waals surface area contributed by atoms with Gasteiger partial charge in [-0.05, 0) is 13.0 Å². The number of hydrogen-bond donors (Lipinski definition) is 4. The normalized spacial score (nSPS) is 9.86. The summed E-state index contributed by atoms with van der Waals surface area (Å²) in [5.41, 5.74) is 4.96.